The summed E-state index contributed by atoms with van der Waals surface area (Å²) in [7, 11) is 0. The first-order chi connectivity index (χ1) is 11.8. The fourth-order valence-electron chi connectivity index (χ4n) is 3.56. The number of alkyl halides is 3. The summed E-state index contributed by atoms with van der Waals surface area (Å²) < 4.78 is 43.4. The second kappa shape index (κ2) is 5.36. The lowest BCUT2D eigenvalue weighted by atomic mass is 10.0. The second-order valence-corrected chi connectivity index (χ2v) is 6.64. The second-order valence-electron chi connectivity index (χ2n) is 6.23. The third kappa shape index (κ3) is 2.72. The van der Waals surface area contributed by atoms with Gasteiger partial charge in [-0.1, -0.05) is 17.7 Å². The Balaban J connectivity index is 1.55. The van der Waals surface area contributed by atoms with Crippen LogP contribution in [-0.2, 0) is 17.4 Å². The number of benzene rings is 1. The van der Waals surface area contributed by atoms with Crippen molar-refractivity contribution in [2.75, 3.05) is 0 Å². The van der Waals surface area contributed by atoms with E-state index in [0.717, 1.165) is 17.2 Å². The van der Waals surface area contributed by atoms with Crippen LogP contribution >= 0.6 is 11.6 Å². The van der Waals surface area contributed by atoms with Crippen molar-refractivity contribution in [1.29, 1.82) is 0 Å². The smallest absolute Gasteiger partial charge is 0.417 e. The summed E-state index contributed by atoms with van der Waals surface area (Å²) in [5.41, 5.74) is 1.04. The molecular formula is C17H11ClF3NO3. The van der Waals surface area contributed by atoms with Crippen LogP contribution in [0.5, 0.6) is 11.6 Å². The van der Waals surface area contributed by atoms with Crippen LogP contribution in [0.25, 0.3) is 0 Å². The maximum absolute atomic E-state index is 12.6. The van der Waals surface area contributed by atoms with Gasteiger partial charge >= 0.3 is 12.1 Å². The SMILES string of the molecule is O=C(O)[C@H]1[C@@H]2Cc3cc(Oc4ncc(C(F)(F)F)cc4Cl)ccc3[C@@H]21. The number of halogens is 4. The number of hydrogen-bond acceptors (Lipinski definition) is 3. The molecule has 0 saturated heterocycles. The molecular weight excluding hydrogens is 359 g/mol. The van der Waals surface area contributed by atoms with Gasteiger partial charge in [0.25, 0.3) is 0 Å². The lowest BCUT2D eigenvalue weighted by molar-refractivity contribution is -0.139. The van der Waals surface area contributed by atoms with Gasteiger partial charge in [0.15, 0.2) is 0 Å². The third-order valence-corrected chi connectivity index (χ3v) is 5.00. The molecule has 1 N–H and O–H groups in total. The fraction of sp³-hybridized carbons (Fsp3) is 0.294. The number of carbonyl (C=O) groups is 1. The highest BCUT2D eigenvalue weighted by Crippen LogP contribution is 2.61. The molecule has 2 aromatic rings. The molecule has 25 heavy (non-hydrogen) atoms. The summed E-state index contributed by atoms with van der Waals surface area (Å²) in [4.78, 5) is 14.7. The van der Waals surface area contributed by atoms with Crippen molar-refractivity contribution >= 4 is 17.6 Å². The number of carboxylic acid groups (broad SMARTS) is 1. The monoisotopic (exact) mass is 369 g/mol. The van der Waals surface area contributed by atoms with E-state index in [-0.39, 0.29) is 28.7 Å². The lowest BCUT2D eigenvalue weighted by Crippen LogP contribution is -2.06. The predicted molar refractivity (Wildman–Crippen MR) is 81.8 cm³/mol. The summed E-state index contributed by atoms with van der Waals surface area (Å²) in [6.07, 6.45) is -3.20. The number of hydrogen-bond donors (Lipinski definition) is 1. The number of ether oxygens (including phenoxy) is 1. The Bertz CT molecular complexity index is 884. The van der Waals surface area contributed by atoms with Gasteiger partial charge in [0.05, 0.1) is 11.5 Å². The molecule has 0 spiro atoms. The molecule has 1 fully saturated rings. The minimum absolute atomic E-state index is 0.0503. The summed E-state index contributed by atoms with van der Waals surface area (Å²) in [5, 5.41) is 8.88. The van der Waals surface area contributed by atoms with Gasteiger partial charge in [0, 0.05) is 12.1 Å². The predicted octanol–water partition coefficient (Wildman–Crippen LogP) is 4.52. The van der Waals surface area contributed by atoms with Crippen LogP contribution in [0.1, 0.15) is 22.6 Å². The van der Waals surface area contributed by atoms with Crippen LogP contribution in [0, 0.1) is 11.8 Å². The Hall–Kier alpha value is -2.28. The van der Waals surface area contributed by atoms with E-state index < -0.39 is 17.7 Å². The van der Waals surface area contributed by atoms with Crippen molar-refractivity contribution in [2.45, 2.75) is 18.5 Å². The van der Waals surface area contributed by atoms with E-state index in [2.05, 4.69) is 4.98 Å². The van der Waals surface area contributed by atoms with E-state index in [1.165, 1.54) is 0 Å². The van der Waals surface area contributed by atoms with Crippen molar-refractivity contribution < 1.29 is 27.8 Å². The summed E-state index contributed by atoms with van der Waals surface area (Å²) in [6, 6.07) is 5.98. The van der Waals surface area contributed by atoms with Gasteiger partial charge in [-0.05, 0) is 41.7 Å². The largest absolute Gasteiger partial charge is 0.481 e. The molecule has 0 amide bonds. The molecule has 2 aliphatic rings. The van der Waals surface area contributed by atoms with Gasteiger partial charge in [-0.3, -0.25) is 4.79 Å². The minimum Gasteiger partial charge on any atom is -0.481 e. The zero-order chi connectivity index (χ0) is 17.9. The van der Waals surface area contributed by atoms with Crippen molar-refractivity contribution in [3.63, 3.8) is 0 Å². The Kier molecular flexibility index (Phi) is 3.47. The summed E-state index contributed by atoms with van der Waals surface area (Å²) >= 11 is 5.83. The zero-order valence-electron chi connectivity index (χ0n) is 12.5. The van der Waals surface area contributed by atoms with E-state index in [9.17, 15) is 18.0 Å². The molecule has 0 unspecified atom stereocenters. The molecule has 1 aromatic heterocycles. The van der Waals surface area contributed by atoms with Crippen LogP contribution in [0.4, 0.5) is 13.2 Å². The third-order valence-electron chi connectivity index (χ3n) is 4.73. The molecule has 0 bridgehead atoms. The normalized spacial score (nSPS) is 23.8. The van der Waals surface area contributed by atoms with E-state index in [1.54, 1.807) is 18.2 Å². The average Bonchev–Trinajstić information content (AvgIpc) is 3.12. The lowest BCUT2D eigenvalue weighted by Gasteiger charge is -2.12. The van der Waals surface area contributed by atoms with Crippen molar-refractivity contribution in [3.05, 3.63) is 52.2 Å². The van der Waals surface area contributed by atoms with Crippen LogP contribution in [0.3, 0.4) is 0 Å². The van der Waals surface area contributed by atoms with Crippen LogP contribution in [0.15, 0.2) is 30.5 Å². The van der Waals surface area contributed by atoms with Crippen molar-refractivity contribution in [1.82, 2.24) is 4.98 Å². The molecule has 3 atom stereocenters. The first-order valence-electron chi connectivity index (χ1n) is 7.52. The highest BCUT2D eigenvalue weighted by molar-refractivity contribution is 6.31. The summed E-state index contributed by atoms with van der Waals surface area (Å²) in [5.74, 6) is -0.626. The Morgan fingerprint density at radius 1 is 1.32 bits per heavy atom. The Morgan fingerprint density at radius 2 is 2.08 bits per heavy atom. The number of fused-ring (bicyclic) bond motifs is 3. The van der Waals surface area contributed by atoms with E-state index in [4.69, 9.17) is 21.4 Å². The molecule has 8 heteroatoms. The maximum atomic E-state index is 12.6. The Morgan fingerprint density at radius 3 is 2.72 bits per heavy atom. The molecule has 130 valence electrons. The van der Waals surface area contributed by atoms with Gasteiger partial charge in [-0.2, -0.15) is 13.2 Å². The molecule has 4 nitrogen and oxygen atoms in total. The maximum Gasteiger partial charge on any atom is 0.417 e. The first-order valence-corrected chi connectivity index (χ1v) is 7.89. The van der Waals surface area contributed by atoms with E-state index in [0.29, 0.717) is 18.4 Å². The van der Waals surface area contributed by atoms with Crippen LogP contribution in [0.2, 0.25) is 5.02 Å². The van der Waals surface area contributed by atoms with Gasteiger partial charge in [0.1, 0.15) is 10.8 Å². The first kappa shape index (κ1) is 16.2. The van der Waals surface area contributed by atoms with Crippen molar-refractivity contribution in [3.8, 4) is 11.6 Å². The molecule has 4 rings (SSSR count). The molecule has 0 aliphatic heterocycles. The quantitative estimate of drug-likeness (QED) is 0.864. The van der Waals surface area contributed by atoms with Gasteiger partial charge in [0.2, 0.25) is 5.88 Å². The average molecular weight is 370 g/mol. The number of nitrogens with zero attached hydrogens (tertiary/aromatic N) is 1. The molecule has 0 radical (unpaired) electrons. The van der Waals surface area contributed by atoms with Gasteiger partial charge < -0.3 is 9.84 Å². The Labute approximate surface area is 145 Å². The number of rotatable bonds is 3. The summed E-state index contributed by atoms with van der Waals surface area (Å²) in [6.45, 7) is 0. The standard InChI is InChI=1S/C17H11ClF3NO3/c18-12-5-8(17(19,20)21)6-22-15(12)25-9-1-2-10-7(3-9)4-11-13(10)14(11)16(23)24/h1-3,5-6,11,13-14H,4H2,(H,23,24)/t11-,13+,14+/m1/s1. The highest BCUT2D eigenvalue weighted by Gasteiger charge is 2.59. The number of pyridine rings is 1. The van der Waals surface area contributed by atoms with E-state index in [1.807, 2.05) is 0 Å². The number of aromatic nitrogens is 1. The molecule has 1 heterocycles. The van der Waals surface area contributed by atoms with Gasteiger partial charge in [-0.25, -0.2) is 4.98 Å². The fourth-order valence-corrected chi connectivity index (χ4v) is 3.76. The van der Waals surface area contributed by atoms with Crippen LogP contribution < -0.4 is 4.74 Å². The van der Waals surface area contributed by atoms with Gasteiger partial charge in [-0.15, -0.1) is 0 Å². The molecule has 1 aromatic carbocycles. The highest BCUT2D eigenvalue weighted by atomic mass is 35.5. The molecule has 2 aliphatic carbocycles. The van der Waals surface area contributed by atoms with Crippen molar-refractivity contribution in [2.24, 2.45) is 11.8 Å². The molecule has 1 saturated carbocycles. The van der Waals surface area contributed by atoms with Crippen LogP contribution in [-0.4, -0.2) is 16.1 Å². The zero-order valence-corrected chi connectivity index (χ0v) is 13.3. The number of aliphatic carboxylic acids is 1. The minimum atomic E-state index is -4.52. The number of carboxylic acids is 1. The van der Waals surface area contributed by atoms with E-state index >= 15 is 0 Å². The topological polar surface area (TPSA) is 59.4 Å².